The molecule has 1 aromatic carbocycles. The molecule has 0 atom stereocenters. The molecule has 0 spiro atoms. The summed E-state index contributed by atoms with van der Waals surface area (Å²) in [4.78, 5) is 21.3. The fraction of sp³-hybridized carbons (Fsp3) is 0.462. The van der Waals surface area contributed by atoms with Crippen LogP contribution in [0.15, 0.2) is 12.1 Å². The lowest BCUT2D eigenvalue weighted by Gasteiger charge is -2.22. The van der Waals surface area contributed by atoms with Crippen LogP contribution in [0.4, 0.5) is 14.5 Å². The van der Waals surface area contributed by atoms with E-state index in [4.69, 9.17) is 0 Å². The van der Waals surface area contributed by atoms with Crippen molar-refractivity contribution >= 4 is 11.6 Å². The first-order chi connectivity index (χ1) is 9.49. The van der Waals surface area contributed by atoms with Crippen LogP contribution in [0.5, 0.6) is 0 Å². The van der Waals surface area contributed by atoms with Gasteiger partial charge in [0.15, 0.2) is 0 Å². The number of halogens is 2. The van der Waals surface area contributed by atoms with Gasteiger partial charge in [-0.1, -0.05) is 19.3 Å². The summed E-state index contributed by atoms with van der Waals surface area (Å²) in [5, 5.41) is 13.1. The van der Waals surface area contributed by atoms with Gasteiger partial charge in [0.1, 0.15) is 5.82 Å². The Labute approximate surface area is 114 Å². The minimum atomic E-state index is -1.22. The molecule has 0 heterocycles. The highest BCUT2D eigenvalue weighted by Gasteiger charge is 2.24. The van der Waals surface area contributed by atoms with Crippen LogP contribution < -0.4 is 5.32 Å². The number of hydrogen-bond acceptors (Lipinski definition) is 3. The van der Waals surface area contributed by atoms with Gasteiger partial charge in [-0.05, 0) is 18.9 Å². The molecule has 0 aromatic heterocycles. The molecule has 1 amide bonds. The van der Waals surface area contributed by atoms with Crippen molar-refractivity contribution in [3.8, 4) is 0 Å². The Hall–Kier alpha value is -2.05. The van der Waals surface area contributed by atoms with Crippen LogP contribution in [-0.4, -0.2) is 16.9 Å². The zero-order chi connectivity index (χ0) is 14.7. The molecular weight excluding hydrogens is 270 g/mol. The summed E-state index contributed by atoms with van der Waals surface area (Å²) in [6, 6.07) is 0.963. The van der Waals surface area contributed by atoms with E-state index in [9.17, 15) is 23.7 Å². The minimum Gasteiger partial charge on any atom is -0.349 e. The molecule has 20 heavy (non-hydrogen) atoms. The van der Waals surface area contributed by atoms with E-state index in [0.29, 0.717) is 12.1 Å². The van der Waals surface area contributed by atoms with E-state index < -0.39 is 33.7 Å². The van der Waals surface area contributed by atoms with E-state index in [1.807, 2.05) is 0 Å². The predicted octanol–water partition coefficient (Wildman–Crippen LogP) is 2.94. The number of nitrogens with zero attached hydrogens (tertiary/aromatic N) is 1. The number of hydrogen-bond donors (Lipinski definition) is 1. The molecule has 1 fully saturated rings. The van der Waals surface area contributed by atoms with Crippen LogP contribution in [0, 0.1) is 21.7 Å². The molecule has 1 aliphatic carbocycles. The number of nitro benzene ring substituents is 1. The van der Waals surface area contributed by atoms with E-state index in [2.05, 4.69) is 5.32 Å². The Bertz CT molecular complexity index is 543. The summed E-state index contributed by atoms with van der Waals surface area (Å²) >= 11 is 0. The van der Waals surface area contributed by atoms with Crippen molar-refractivity contribution in [2.24, 2.45) is 0 Å². The summed E-state index contributed by atoms with van der Waals surface area (Å²) in [7, 11) is 0. The van der Waals surface area contributed by atoms with Crippen LogP contribution in [0.25, 0.3) is 0 Å². The third-order valence-corrected chi connectivity index (χ3v) is 3.42. The van der Waals surface area contributed by atoms with Crippen molar-refractivity contribution in [3.63, 3.8) is 0 Å². The highest BCUT2D eigenvalue weighted by Crippen LogP contribution is 2.22. The zero-order valence-electron chi connectivity index (χ0n) is 10.7. The molecule has 1 aromatic rings. The van der Waals surface area contributed by atoms with Crippen molar-refractivity contribution in [2.75, 3.05) is 0 Å². The quantitative estimate of drug-likeness (QED) is 0.685. The van der Waals surface area contributed by atoms with Gasteiger partial charge in [-0.2, -0.15) is 4.39 Å². The number of nitrogens with one attached hydrogen (secondary N) is 1. The van der Waals surface area contributed by atoms with Gasteiger partial charge >= 0.3 is 5.69 Å². The van der Waals surface area contributed by atoms with Crippen LogP contribution in [-0.2, 0) is 0 Å². The molecule has 1 aliphatic rings. The van der Waals surface area contributed by atoms with Crippen LogP contribution in [0.2, 0.25) is 0 Å². The number of carbonyl (C=O) groups is 1. The van der Waals surface area contributed by atoms with E-state index in [-0.39, 0.29) is 6.04 Å². The molecule has 0 radical (unpaired) electrons. The van der Waals surface area contributed by atoms with Crippen LogP contribution in [0.1, 0.15) is 42.5 Å². The Morgan fingerprint density at radius 3 is 2.45 bits per heavy atom. The second kappa shape index (κ2) is 5.94. The average Bonchev–Trinajstić information content (AvgIpc) is 2.41. The largest absolute Gasteiger partial charge is 0.349 e. The minimum absolute atomic E-state index is 0.0473. The lowest BCUT2D eigenvalue weighted by atomic mass is 9.95. The number of carbonyl (C=O) groups excluding carboxylic acids is 1. The van der Waals surface area contributed by atoms with Crippen molar-refractivity contribution in [1.29, 1.82) is 0 Å². The lowest BCUT2D eigenvalue weighted by molar-refractivity contribution is -0.387. The molecule has 1 N–H and O–H groups in total. The first kappa shape index (κ1) is 14.4. The summed E-state index contributed by atoms with van der Waals surface area (Å²) in [6.07, 6.45) is 4.70. The standard InChI is InChI=1S/C13H14F2N2O3/c14-10-7-12(17(19)20)11(15)6-9(10)13(18)16-8-4-2-1-3-5-8/h6-8H,1-5H2,(H,16,18). The van der Waals surface area contributed by atoms with Gasteiger partial charge in [-0.3, -0.25) is 14.9 Å². The Morgan fingerprint density at radius 1 is 1.20 bits per heavy atom. The van der Waals surface area contributed by atoms with Gasteiger partial charge < -0.3 is 5.32 Å². The molecule has 5 nitrogen and oxygen atoms in total. The number of rotatable bonds is 3. The summed E-state index contributed by atoms with van der Waals surface area (Å²) in [5.41, 5.74) is -1.48. The maximum Gasteiger partial charge on any atom is 0.307 e. The summed E-state index contributed by atoms with van der Waals surface area (Å²) in [6.45, 7) is 0. The fourth-order valence-electron chi connectivity index (χ4n) is 2.36. The zero-order valence-corrected chi connectivity index (χ0v) is 10.7. The highest BCUT2D eigenvalue weighted by atomic mass is 19.1. The van der Waals surface area contributed by atoms with E-state index in [0.717, 1.165) is 32.1 Å². The van der Waals surface area contributed by atoms with Crippen molar-refractivity contribution < 1.29 is 18.5 Å². The lowest BCUT2D eigenvalue weighted by Crippen LogP contribution is -2.36. The van der Waals surface area contributed by atoms with E-state index in [1.165, 1.54) is 0 Å². The molecule has 1 saturated carbocycles. The predicted molar refractivity (Wildman–Crippen MR) is 67.4 cm³/mol. The molecular formula is C13H14F2N2O3. The SMILES string of the molecule is O=C(NC1CCCCC1)c1cc(F)c([N+](=O)[O-])cc1F. The highest BCUT2D eigenvalue weighted by molar-refractivity contribution is 5.95. The fourth-order valence-corrected chi connectivity index (χ4v) is 2.36. The van der Waals surface area contributed by atoms with Crippen molar-refractivity contribution in [3.05, 3.63) is 39.4 Å². The van der Waals surface area contributed by atoms with Gasteiger partial charge in [-0.15, -0.1) is 0 Å². The molecule has 0 saturated heterocycles. The molecule has 0 aliphatic heterocycles. The number of nitro groups is 1. The van der Waals surface area contributed by atoms with Crippen molar-refractivity contribution in [1.82, 2.24) is 5.32 Å². The molecule has 0 unspecified atom stereocenters. The van der Waals surface area contributed by atoms with Gasteiger partial charge in [0.2, 0.25) is 5.82 Å². The Morgan fingerprint density at radius 2 is 1.85 bits per heavy atom. The van der Waals surface area contributed by atoms with Gasteiger partial charge in [-0.25, -0.2) is 4.39 Å². The third kappa shape index (κ3) is 3.09. The molecule has 108 valence electrons. The van der Waals surface area contributed by atoms with Crippen LogP contribution >= 0.6 is 0 Å². The Kier molecular flexibility index (Phi) is 4.26. The summed E-state index contributed by atoms with van der Waals surface area (Å²) in [5.74, 6) is -3.04. The molecule has 7 heteroatoms. The monoisotopic (exact) mass is 284 g/mol. The maximum absolute atomic E-state index is 13.7. The maximum atomic E-state index is 13.7. The first-order valence-electron chi connectivity index (χ1n) is 6.43. The topological polar surface area (TPSA) is 72.2 Å². The second-order valence-electron chi connectivity index (χ2n) is 4.85. The van der Waals surface area contributed by atoms with Crippen LogP contribution in [0.3, 0.4) is 0 Å². The average molecular weight is 284 g/mol. The van der Waals surface area contributed by atoms with Gasteiger partial charge in [0.05, 0.1) is 16.6 Å². The number of benzene rings is 1. The first-order valence-corrected chi connectivity index (χ1v) is 6.43. The van der Waals surface area contributed by atoms with Crippen molar-refractivity contribution in [2.45, 2.75) is 38.1 Å². The van der Waals surface area contributed by atoms with Gasteiger partial charge in [0.25, 0.3) is 5.91 Å². The molecule has 2 rings (SSSR count). The Balaban J connectivity index is 2.17. The number of amides is 1. The van der Waals surface area contributed by atoms with E-state index >= 15 is 0 Å². The van der Waals surface area contributed by atoms with E-state index in [1.54, 1.807) is 0 Å². The van der Waals surface area contributed by atoms with Gasteiger partial charge in [0, 0.05) is 6.04 Å². The second-order valence-corrected chi connectivity index (χ2v) is 4.85. The normalized spacial score (nSPS) is 15.9. The smallest absolute Gasteiger partial charge is 0.307 e. The third-order valence-electron chi connectivity index (χ3n) is 3.42. The molecule has 0 bridgehead atoms. The summed E-state index contributed by atoms with van der Waals surface area (Å²) < 4.78 is 27.1.